The Morgan fingerprint density at radius 2 is 2.00 bits per heavy atom. The van der Waals surface area contributed by atoms with E-state index in [1.807, 2.05) is 6.07 Å². The number of piperazine rings is 1. The van der Waals surface area contributed by atoms with Crippen molar-refractivity contribution in [3.63, 3.8) is 0 Å². The van der Waals surface area contributed by atoms with Gasteiger partial charge in [0.25, 0.3) is 0 Å². The molecule has 0 spiro atoms. The Morgan fingerprint density at radius 1 is 1.39 bits per heavy atom. The van der Waals surface area contributed by atoms with Crippen molar-refractivity contribution < 1.29 is 4.79 Å². The number of hydrogen-bond acceptors (Lipinski definition) is 3. The predicted molar refractivity (Wildman–Crippen MR) is 73.7 cm³/mol. The Morgan fingerprint density at radius 3 is 2.56 bits per heavy atom. The summed E-state index contributed by atoms with van der Waals surface area (Å²) in [6.07, 6.45) is 0. The van der Waals surface area contributed by atoms with E-state index < -0.39 is 0 Å². The molecule has 98 valence electrons. The van der Waals surface area contributed by atoms with Gasteiger partial charge in [0.05, 0.1) is 0 Å². The molecule has 0 aliphatic carbocycles. The van der Waals surface area contributed by atoms with Crippen LogP contribution in [0.15, 0.2) is 18.2 Å². The molecule has 1 saturated heterocycles. The maximum atomic E-state index is 11.9. The quantitative estimate of drug-likeness (QED) is 0.818. The normalized spacial score (nSPS) is 24.0. The summed E-state index contributed by atoms with van der Waals surface area (Å²) in [6.45, 7) is 7.28. The van der Waals surface area contributed by atoms with Crippen LogP contribution in [0.2, 0.25) is 0 Å². The SMILES string of the molecule is Cc1cccc(C)c1N1C(C)CNC(=O)C1CN. The Kier molecular flexibility index (Phi) is 3.57. The number of hydrogen-bond donors (Lipinski definition) is 2. The second-order valence-corrected chi connectivity index (χ2v) is 4.99. The Hall–Kier alpha value is -1.55. The van der Waals surface area contributed by atoms with Gasteiger partial charge in [-0.25, -0.2) is 0 Å². The van der Waals surface area contributed by atoms with Gasteiger partial charge in [-0.2, -0.15) is 0 Å². The van der Waals surface area contributed by atoms with Crippen LogP contribution in [0.3, 0.4) is 0 Å². The van der Waals surface area contributed by atoms with E-state index in [1.165, 1.54) is 11.1 Å². The summed E-state index contributed by atoms with van der Waals surface area (Å²) in [6, 6.07) is 6.19. The number of amides is 1. The summed E-state index contributed by atoms with van der Waals surface area (Å²) in [5.41, 5.74) is 9.31. The Balaban J connectivity index is 2.48. The highest BCUT2D eigenvalue weighted by Gasteiger charge is 2.34. The van der Waals surface area contributed by atoms with Crippen molar-refractivity contribution >= 4 is 11.6 Å². The van der Waals surface area contributed by atoms with Crippen molar-refractivity contribution in [2.24, 2.45) is 5.73 Å². The minimum Gasteiger partial charge on any atom is -0.354 e. The van der Waals surface area contributed by atoms with Gasteiger partial charge in [-0.1, -0.05) is 18.2 Å². The highest BCUT2D eigenvalue weighted by atomic mass is 16.2. The monoisotopic (exact) mass is 247 g/mol. The highest BCUT2D eigenvalue weighted by Crippen LogP contribution is 2.29. The molecule has 0 radical (unpaired) electrons. The number of rotatable bonds is 2. The van der Waals surface area contributed by atoms with Crippen LogP contribution in [0.5, 0.6) is 0 Å². The van der Waals surface area contributed by atoms with E-state index in [1.54, 1.807) is 0 Å². The van der Waals surface area contributed by atoms with Gasteiger partial charge in [0.15, 0.2) is 0 Å². The smallest absolute Gasteiger partial charge is 0.244 e. The summed E-state index contributed by atoms with van der Waals surface area (Å²) in [5, 5.41) is 2.91. The number of nitrogens with two attached hydrogens (primary N) is 1. The van der Waals surface area contributed by atoms with Crippen LogP contribution in [-0.2, 0) is 4.79 Å². The lowest BCUT2D eigenvalue weighted by Gasteiger charge is -2.42. The van der Waals surface area contributed by atoms with Crippen molar-refractivity contribution in [2.45, 2.75) is 32.9 Å². The highest BCUT2D eigenvalue weighted by molar-refractivity contribution is 5.88. The summed E-state index contributed by atoms with van der Waals surface area (Å²) in [7, 11) is 0. The van der Waals surface area contributed by atoms with E-state index >= 15 is 0 Å². The molecule has 2 unspecified atom stereocenters. The lowest BCUT2D eigenvalue weighted by molar-refractivity contribution is -0.123. The lowest BCUT2D eigenvalue weighted by Crippen LogP contribution is -2.62. The Labute approximate surface area is 108 Å². The van der Waals surface area contributed by atoms with Gasteiger partial charge < -0.3 is 16.0 Å². The van der Waals surface area contributed by atoms with Gasteiger partial charge in [-0.15, -0.1) is 0 Å². The molecule has 1 fully saturated rings. The molecule has 4 heteroatoms. The number of anilines is 1. The summed E-state index contributed by atoms with van der Waals surface area (Å²) in [4.78, 5) is 14.1. The molecule has 4 nitrogen and oxygen atoms in total. The third-order valence-corrected chi connectivity index (χ3v) is 3.61. The number of nitrogens with one attached hydrogen (secondary N) is 1. The first-order valence-electron chi connectivity index (χ1n) is 6.38. The number of benzene rings is 1. The fourth-order valence-corrected chi connectivity index (χ4v) is 2.71. The number of aryl methyl sites for hydroxylation is 2. The second kappa shape index (κ2) is 4.98. The van der Waals surface area contributed by atoms with E-state index in [9.17, 15) is 4.79 Å². The fourth-order valence-electron chi connectivity index (χ4n) is 2.71. The third-order valence-electron chi connectivity index (χ3n) is 3.61. The number of para-hydroxylation sites is 1. The van der Waals surface area contributed by atoms with Crippen molar-refractivity contribution in [1.29, 1.82) is 0 Å². The third kappa shape index (κ3) is 2.08. The lowest BCUT2D eigenvalue weighted by atomic mass is 10.0. The topological polar surface area (TPSA) is 58.4 Å². The molecule has 2 rings (SSSR count). The molecule has 18 heavy (non-hydrogen) atoms. The average Bonchev–Trinajstić information content (AvgIpc) is 2.33. The van der Waals surface area contributed by atoms with Crippen LogP contribution in [0.1, 0.15) is 18.1 Å². The van der Waals surface area contributed by atoms with E-state index in [2.05, 4.69) is 43.1 Å². The molecular formula is C14H21N3O. The Bertz CT molecular complexity index is 438. The van der Waals surface area contributed by atoms with Gasteiger partial charge in [0.2, 0.25) is 5.91 Å². The molecule has 1 aromatic carbocycles. The zero-order chi connectivity index (χ0) is 13.3. The maximum Gasteiger partial charge on any atom is 0.244 e. The van der Waals surface area contributed by atoms with Crippen molar-refractivity contribution in [1.82, 2.24) is 5.32 Å². The van der Waals surface area contributed by atoms with Crippen LogP contribution < -0.4 is 16.0 Å². The summed E-state index contributed by atoms with van der Waals surface area (Å²) in [5.74, 6) is 0.0262. The van der Waals surface area contributed by atoms with Crippen LogP contribution in [0.25, 0.3) is 0 Å². The molecule has 1 aromatic rings. The molecule has 1 aliphatic heterocycles. The standard InChI is InChI=1S/C14H21N3O/c1-9-5-4-6-10(2)13(9)17-11(3)8-16-14(18)12(17)7-15/h4-6,11-12H,7-8,15H2,1-3H3,(H,16,18). The first-order chi connectivity index (χ1) is 8.56. The molecule has 1 amide bonds. The van der Waals surface area contributed by atoms with Crippen LogP contribution >= 0.6 is 0 Å². The summed E-state index contributed by atoms with van der Waals surface area (Å²) < 4.78 is 0. The van der Waals surface area contributed by atoms with Crippen molar-refractivity contribution in [2.75, 3.05) is 18.0 Å². The first kappa shape index (κ1) is 12.9. The molecule has 0 aromatic heterocycles. The number of carbonyl (C=O) groups excluding carboxylic acids is 1. The molecule has 0 saturated carbocycles. The van der Waals surface area contributed by atoms with Gasteiger partial charge in [-0.05, 0) is 31.9 Å². The van der Waals surface area contributed by atoms with Crippen LogP contribution in [0.4, 0.5) is 5.69 Å². The molecule has 1 aliphatic rings. The fraction of sp³-hybridized carbons (Fsp3) is 0.500. The van der Waals surface area contributed by atoms with E-state index in [0.717, 1.165) is 5.69 Å². The zero-order valence-electron chi connectivity index (χ0n) is 11.2. The largest absolute Gasteiger partial charge is 0.354 e. The van der Waals surface area contributed by atoms with Crippen LogP contribution in [-0.4, -0.2) is 31.1 Å². The maximum absolute atomic E-state index is 11.9. The minimum atomic E-state index is -0.270. The predicted octanol–water partition coefficient (Wildman–Crippen LogP) is 0.955. The van der Waals surface area contributed by atoms with Crippen LogP contribution in [0, 0.1) is 13.8 Å². The molecule has 1 heterocycles. The first-order valence-corrected chi connectivity index (χ1v) is 6.38. The van der Waals surface area contributed by atoms with E-state index in [0.29, 0.717) is 13.1 Å². The summed E-state index contributed by atoms with van der Waals surface area (Å²) >= 11 is 0. The van der Waals surface area contributed by atoms with Gasteiger partial charge in [0, 0.05) is 24.8 Å². The molecular weight excluding hydrogens is 226 g/mol. The molecule has 0 bridgehead atoms. The van der Waals surface area contributed by atoms with E-state index in [-0.39, 0.29) is 18.0 Å². The van der Waals surface area contributed by atoms with Gasteiger partial charge in [-0.3, -0.25) is 4.79 Å². The number of carbonyl (C=O) groups is 1. The second-order valence-electron chi connectivity index (χ2n) is 4.99. The average molecular weight is 247 g/mol. The number of nitrogens with zero attached hydrogens (tertiary/aromatic N) is 1. The van der Waals surface area contributed by atoms with Crippen molar-refractivity contribution in [3.8, 4) is 0 Å². The molecule has 2 atom stereocenters. The van der Waals surface area contributed by atoms with Gasteiger partial charge >= 0.3 is 0 Å². The molecule has 3 N–H and O–H groups in total. The van der Waals surface area contributed by atoms with E-state index in [4.69, 9.17) is 5.73 Å². The zero-order valence-corrected chi connectivity index (χ0v) is 11.2. The van der Waals surface area contributed by atoms with Gasteiger partial charge in [0.1, 0.15) is 6.04 Å². The minimum absolute atomic E-state index is 0.0262. The van der Waals surface area contributed by atoms with Crippen molar-refractivity contribution in [3.05, 3.63) is 29.3 Å².